The Bertz CT molecular complexity index is 866. The van der Waals surface area contributed by atoms with Crippen LogP contribution in [0.3, 0.4) is 0 Å². The number of thiocarbonyl (C=S) groups is 1. The van der Waals surface area contributed by atoms with Crippen LogP contribution in [-0.4, -0.2) is 44.7 Å². The molecule has 3 rings (SSSR count). The summed E-state index contributed by atoms with van der Waals surface area (Å²) in [6.45, 7) is 3.22. The highest BCUT2D eigenvalue weighted by Crippen LogP contribution is 2.45. The lowest BCUT2D eigenvalue weighted by molar-refractivity contribution is -0.136. The van der Waals surface area contributed by atoms with Gasteiger partial charge in [0.15, 0.2) is 0 Å². The molecule has 2 aliphatic rings. The van der Waals surface area contributed by atoms with Crippen LogP contribution in [0, 0.1) is 0 Å². The fourth-order valence-electron chi connectivity index (χ4n) is 2.79. The van der Waals surface area contributed by atoms with Gasteiger partial charge in [0.1, 0.15) is 10.9 Å². The topological polar surface area (TPSA) is 77.9 Å². The van der Waals surface area contributed by atoms with Gasteiger partial charge >= 0.3 is 5.97 Å². The van der Waals surface area contributed by atoms with Gasteiger partial charge in [0.25, 0.3) is 11.8 Å². The second-order valence-electron chi connectivity index (χ2n) is 5.79. The second-order valence-corrected chi connectivity index (χ2v) is 8.35. The number of carbonyl (C=O) groups is 3. The first-order chi connectivity index (χ1) is 11.7. The van der Waals surface area contributed by atoms with Crippen LogP contribution in [0.1, 0.15) is 19.4 Å². The number of anilines is 1. The number of halogens is 1. The van der Waals surface area contributed by atoms with Crippen LogP contribution in [-0.2, 0) is 14.4 Å². The predicted octanol–water partition coefficient (Wildman–Crippen LogP) is 2.86. The molecule has 6 nitrogen and oxygen atoms in total. The number of aliphatic carboxylic acids is 1. The first-order valence-corrected chi connectivity index (χ1v) is 9.37. The highest BCUT2D eigenvalue weighted by Gasteiger charge is 2.43. The molecule has 0 saturated carbocycles. The maximum atomic E-state index is 12.9. The average Bonchev–Trinajstić information content (AvgIpc) is 2.93. The Morgan fingerprint density at radius 3 is 2.56 bits per heavy atom. The Kier molecular flexibility index (Phi) is 4.74. The maximum Gasteiger partial charge on any atom is 0.323 e. The molecule has 25 heavy (non-hydrogen) atoms. The molecule has 2 aliphatic heterocycles. The summed E-state index contributed by atoms with van der Waals surface area (Å²) >= 11 is 9.71. The van der Waals surface area contributed by atoms with Crippen molar-refractivity contribution >= 4 is 73.3 Å². The van der Waals surface area contributed by atoms with Gasteiger partial charge in [0.2, 0.25) is 0 Å². The Morgan fingerprint density at radius 1 is 1.32 bits per heavy atom. The smallest absolute Gasteiger partial charge is 0.323 e. The summed E-state index contributed by atoms with van der Waals surface area (Å²) < 4.78 is 1.12. The number of hydrogen-bond donors (Lipinski definition) is 1. The molecule has 0 aliphatic carbocycles. The van der Waals surface area contributed by atoms with Crippen molar-refractivity contribution in [3.8, 4) is 0 Å². The summed E-state index contributed by atoms with van der Waals surface area (Å²) in [6, 6.07) is 4.98. The number of hydrogen-bond acceptors (Lipinski definition) is 5. The fourth-order valence-corrected chi connectivity index (χ4v) is 4.75. The van der Waals surface area contributed by atoms with Crippen molar-refractivity contribution < 1.29 is 19.5 Å². The van der Waals surface area contributed by atoms with Gasteiger partial charge in [-0.15, -0.1) is 0 Å². The van der Waals surface area contributed by atoms with Gasteiger partial charge < -0.3 is 5.11 Å². The SMILES string of the molecule is CC(C)N1C(=O)/C(=C2/C(=O)N(CC(=O)O)c3ccc(Br)cc32)SC1=S. The molecule has 9 heteroatoms. The maximum absolute atomic E-state index is 12.9. The van der Waals surface area contributed by atoms with E-state index in [2.05, 4.69) is 15.9 Å². The largest absolute Gasteiger partial charge is 0.480 e. The zero-order valence-electron chi connectivity index (χ0n) is 13.3. The van der Waals surface area contributed by atoms with Gasteiger partial charge in [-0.05, 0) is 32.0 Å². The van der Waals surface area contributed by atoms with E-state index in [4.69, 9.17) is 17.3 Å². The van der Waals surface area contributed by atoms with E-state index in [0.29, 0.717) is 15.6 Å². The van der Waals surface area contributed by atoms with Gasteiger partial charge in [-0.3, -0.25) is 24.2 Å². The van der Waals surface area contributed by atoms with Gasteiger partial charge in [0.05, 0.1) is 16.2 Å². The van der Waals surface area contributed by atoms with Crippen molar-refractivity contribution in [2.45, 2.75) is 19.9 Å². The number of rotatable bonds is 3. The summed E-state index contributed by atoms with van der Waals surface area (Å²) in [5.74, 6) is -1.95. The summed E-state index contributed by atoms with van der Waals surface area (Å²) in [5.41, 5.74) is 1.21. The molecular formula is C16H13BrN2O4S2. The molecule has 2 heterocycles. The summed E-state index contributed by atoms with van der Waals surface area (Å²) in [7, 11) is 0. The lowest BCUT2D eigenvalue weighted by atomic mass is 10.1. The highest BCUT2D eigenvalue weighted by molar-refractivity contribution is 9.10. The van der Waals surface area contributed by atoms with Crippen LogP contribution in [0.5, 0.6) is 0 Å². The molecule has 1 fully saturated rings. The van der Waals surface area contributed by atoms with Crippen LogP contribution in [0.4, 0.5) is 5.69 Å². The number of carboxylic acid groups (broad SMARTS) is 1. The molecule has 130 valence electrons. The third kappa shape index (κ3) is 3.00. The van der Waals surface area contributed by atoms with Crippen molar-refractivity contribution in [2.75, 3.05) is 11.4 Å². The van der Waals surface area contributed by atoms with E-state index in [1.54, 1.807) is 18.2 Å². The zero-order chi connectivity index (χ0) is 18.5. The highest BCUT2D eigenvalue weighted by atomic mass is 79.9. The predicted molar refractivity (Wildman–Crippen MR) is 103 cm³/mol. The number of fused-ring (bicyclic) bond motifs is 1. The normalized spacial score (nSPS) is 20.1. The molecular weight excluding hydrogens is 428 g/mol. The second kappa shape index (κ2) is 6.54. The van der Waals surface area contributed by atoms with E-state index in [0.717, 1.165) is 16.2 Å². The van der Waals surface area contributed by atoms with Crippen molar-refractivity contribution in [3.05, 3.63) is 33.1 Å². The van der Waals surface area contributed by atoms with Crippen LogP contribution in [0.25, 0.3) is 5.57 Å². The number of carbonyl (C=O) groups excluding carboxylic acids is 2. The summed E-state index contributed by atoms with van der Waals surface area (Å²) in [6.07, 6.45) is 0. The first kappa shape index (κ1) is 18.1. The van der Waals surface area contributed by atoms with E-state index in [9.17, 15) is 14.4 Å². The van der Waals surface area contributed by atoms with Gasteiger partial charge in [0, 0.05) is 16.1 Å². The zero-order valence-corrected chi connectivity index (χ0v) is 16.5. The number of carboxylic acids is 1. The minimum absolute atomic E-state index is 0.126. The van der Waals surface area contributed by atoms with Crippen molar-refractivity contribution in [3.63, 3.8) is 0 Å². The molecule has 1 aromatic rings. The molecule has 1 N–H and O–H groups in total. The Labute approximate surface area is 162 Å². The molecule has 1 saturated heterocycles. The first-order valence-electron chi connectivity index (χ1n) is 7.35. The van der Waals surface area contributed by atoms with Crippen molar-refractivity contribution in [2.24, 2.45) is 0 Å². The summed E-state index contributed by atoms with van der Waals surface area (Å²) in [4.78, 5) is 39.7. The minimum atomic E-state index is -1.13. The minimum Gasteiger partial charge on any atom is -0.480 e. The fraction of sp³-hybridized carbons (Fsp3) is 0.250. The van der Waals surface area contributed by atoms with Crippen LogP contribution in [0.2, 0.25) is 0 Å². The number of benzene rings is 1. The standard InChI is InChI=1S/C16H13BrN2O4S2/c1-7(2)19-15(23)13(25-16(19)24)12-9-5-8(17)3-4-10(9)18(14(12)22)6-11(20)21/h3-5,7H,6H2,1-2H3,(H,20,21)/b13-12-. The number of thioether (sulfide) groups is 1. The monoisotopic (exact) mass is 440 g/mol. The van der Waals surface area contributed by atoms with Gasteiger partial charge in [-0.1, -0.05) is 39.9 Å². The van der Waals surface area contributed by atoms with Crippen molar-refractivity contribution in [1.82, 2.24) is 4.90 Å². The Morgan fingerprint density at radius 2 is 2.00 bits per heavy atom. The molecule has 0 aromatic heterocycles. The Balaban J connectivity index is 2.19. The molecule has 0 unspecified atom stereocenters. The van der Waals surface area contributed by atoms with E-state index in [-0.39, 0.29) is 22.4 Å². The van der Waals surface area contributed by atoms with E-state index in [1.807, 2.05) is 13.8 Å². The van der Waals surface area contributed by atoms with Gasteiger partial charge in [-0.2, -0.15) is 0 Å². The average molecular weight is 441 g/mol. The van der Waals surface area contributed by atoms with Gasteiger partial charge in [-0.25, -0.2) is 0 Å². The summed E-state index contributed by atoms with van der Waals surface area (Å²) in [5, 5.41) is 9.11. The molecule has 1 aromatic carbocycles. The molecule has 2 amide bonds. The molecule has 0 bridgehead atoms. The number of amides is 2. The quantitative estimate of drug-likeness (QED) is 0.574. The molecule has 0 spiro atoms. The van der Waals surface area contributed by atoms with E-state index >= 15 is 0 Å². The lowest BCUT2D eigenvalue weighted by Crippen LogP contribution is -2.35. The molecule has 0 radical (unpaired) electrons. The lowest BCUT2D eigenvalue weighted by Gasteiger charge is -2.18. The van der Waals surface area contributed by atoms with E-state index in [1.165, 1.54) is 9.80 Å². The number of nitrogens with zero attached hydrogens (tertiary/aromatic N) is 2. The third-order valence-electron chi connectivity index (χ3n) is 3.81. The molecule has 0 atom stereocenters. The van der Waals surface area contributed by atoms with Crippen molar-refractivity contribution in [1.29, 1.82) is 0 Å². The Hall–Kier alpha value is -1.71. The van der Waals surface area contributed by atoms with Crippen LogP contribution in [0.15, 0.2) is 27.6 Å². The van der Waals surface area contributed by atoms with Crippen LogP contribution < -0.4 is 4.90 Å². The van der Waals surface area contributed by atoms with E-state index < -0.39 is 18.4 Å². The third-order valence-corrected chi connectivity index (χ3v) is 5.71. The van der Waals surface area contributed by atoms with Crippen LogP contribution >= 0.6 is 39.9 Å².